The van der Waals surface area contributed by atoms with Crippen LogP contribution in [0.3, 0.4) is 0 Å². The summed E-state index contributed by atoms with van der Waals surface area (Å²) in [6, 6.07) is 20.8. The van der Waals surface area contributed by atoms with Crippen LogP contribution in [0.5, 0.6) is 5.75 Å². The normalized spacial score (nSPS) is 16.3. The van der Waals surface area contributed by atoms with Gasteiger partial charge in [-0.05, 0) is 59.0 Å². The molecule has 0 unspecified atom stereocenters. The molecule has 1 aliphatic heterocycles. The van der Waals surface area contributed by atoms with Crippen molar-refractivity contribution in [1.29, 1.82) is 0 Å². The van der Waals surface area contributed by atoms with Crippen molar-refractivity contribution in [2.24, 2.45) is 10.9 Å². The third-order valence-electron chi connectivity index (χ3n) is 5.71. The Hall–Kier alpha value is -3.69. The zero-order valence-corrected chi connectivity index (χ0v) is 19.5. The maximum Gasteiger partial charge on any atom is 0.241 e. The summed E-state index contributed by atoms with van der Waals surface area (Å²) in [5.41, 5.74) is 3.53. The van der Waals surface area contributed by atoms with Crippen molar-refractivity contribution >= 4 is 22.1 Å². The van der Waals surface area contributed by atoms with Gasteiger partial charge in [-0.3, -0.25) is 4.79 Å². The summed E-state index contributed by atoms with van der Waals surface area (Å²) in [4.78, 5) is 14.6. The second kappa shape index (κ2) is 10.1. The number of nitrogens with one attached hydrogen (secondary N) is 1. The molecule has 0 radical (unpaired) electrons. The van der Waals surface area contributed by atoms with Crippen LogP contribution in [-0.4, -0.2) is 45.1 Å². The molecular weight excluding hydrogens is 452 g/mol. The minimum atomic E-state index is -3.85. The molecule has 1 saturated heterocycles. The number of benzene rings is 3. The van der Waals surface area contributed by atoms with Crippen LogP contribution in [-0.2, 0) is 21.4 Å². The monoisotopic (exact) mass is 478 g/mol. The number of hydrogen-bond donors (Lipinski definition) is 2. The zero-order chi connectivity index (χ0) is 24.1. The summed E-state index contributed by atoms with van der Waals surface area (Å²) in [6.07, 6.45) is 1.94. The lowest BCUT2D eigenvalue weighted by molar-refractivity contribution is -0.129. The molecule has 0 bridgehead atoms. The molecule has 34 heavy (non-hydrogen) atoms. The summed E-state index contributed by atoms with van der Waals surface area (Å²) < 4.78 is 33.7. The largest absolute Gasteiger partial charge is 0.497 e. The number of rotatable bonds is 8. The van der Waals surface area contributed by atoms with E-state index in [2.05, 4.69) is 9.82 Å². The number of carbonyl (C=O) groups excluding carboxylic acids is 1. The molecule has 8 nitrogen and oxygen atoms in total. The summed E-state index contributed by atoms with van der Waals surface area (Å²) in [5.74, 6) is 5.69. The minimum Gasteiger partial charge on any atom is -0.497 e. The van der Waals surface area contributed by atoms with E-state index in [0.717, 1.165) is 28.0 Å². The minimum absolute atomic E-state index is 0.110. The van der Waals surface area contributed by atoms with E-state index in [0.29, 0.717) is 19.5 Å². The Balaban J connectivity index is 1.43. The van der Waals surface area contributed by atoms with E-state index in [4.69, 9.17) is 10.6 Å². The SMILES string of the molecule is COc1cccc(-c2ccc(S(=O)(=O)N[C@H]3CCN(Cc4cccc(C=NN)c4)C3=O)cc2)c1. The molecule has 0 aliphatic carbocycles. The molecule has 1 aliphatic rings. The van der Waals surface area contributed by atoms with Crippen LogP contribution < -0.4 is 15.3 Å². The van der Waals surface area contributed by atoms with Crippen molar-refractivity contribution in [2.45, 2.75) is 23.9 Å². The van der Waals surface area contributed by atoms with E-state index in [9.17, 15) is 13.2 Å². The van der Waals surface area contributed by atoms with Gasteiger partial charge in [0.25, 0.3) is 0 Å². The molecule has 1 fully saturated rings. The number of nitrogens with two attached hydrogens (primary N) is 1. The summed E-state index contributed by atoms with van der Waals surface area (Å²) >= 11 is 0. The molecule has 9 heteroatoms. The van der Waals surface area contributed by atoms with Crippen LogP contribution in [0.2, 0.25) is 0 Å². The van der Waals surface area contributed by atoms with Gasteiger partial charge in [-0.15, -0.1) is 0 Å². The number of carbonyl (C=O) groups is 1. The lowest BCUT2D eigenvalue weighted by atomic mass is 10.1. The number of likely N-dealkylation sites (tertiary alicyclic amines) is 1. The molecule has 0 aromatic heterocycles. The number of hydrogen-bond acceptors (Lipinski definition) is 6. The highest BCUT2D eigenvalue weighted by Crippen LogP contribution is 2.25. The first-order chi connectivity index (χ1) is 16.4. The van der Waals surface area contributed by atoms with Gasteiger partial charge in [-0.2, -0.15) is 9.82 Å². The van der Waals surface area contributed by atoms with Gasteiger partial charge in [0.1, 0.15) is 11.8 Å². The fourth-order valence-corrected chi connectivity index (χ4v) is 5.19. The Morgan fingerprint density at radius 1 is 1.09 bits per heavy atom. The van der Waals surface area contributed by atoms with Gasteiger partial charge in [0.2, 0.25) is 15.9 Å². The summed E-state index contributed by atoms with van der Waals surface area (Å²) in [7, 11) is -2.26. The van der Waals surface area contributed by atoms with Crippen molar-refractivity contribution in [1.82, 2.24) is 9.62 Å². The van der Waals surface area contributed by atoms with Gasteiger partial charge in [-0.1, -0.05) is 42.5 Å². The van der Waals surface area contributed by atoms with Crippen LogP contribution >= 0.6 is 0 Å². The first-order valence-electron chi connectivity index (χ1n) is 10.8. The molecule has 1 amide bonds. The Labute approximate surface area is 199 Å². The Bertz CT molecular complexity index is 1310. The van der Waals surface area contributed by atoms with Crippen LogP contribution in [0.4, 0.5) is 0 Å². The van der Waals surface area contributed by atoms with Gasteiger partial charge < -0.3 is 15.5 Å². The Morgan fingerprint density at radius 2 is 1.85 bits per heavy atom. The average molecular weight is 479 g/mol. The fourth-order valence-electron chi connectivity index (χ4n) is 3.97. The predicted molar refractivity (Wildman–Crippen MR) is 131 cm³/mol. The molecule has 3 N–H and O–H groups in total. The van der Waals surface area contributed by atoms with Crippen LogP contribution in [0, 0.1) is 0 Å². The van der Waals surface area contributed by atoms with E-state index in [1.165, 1.54) is 6.21 Å². The lowest BCUT2D eigenvalue weighted by Gasteiger charge is -2.17. The molecular formula is C25H26N4O4S. The average Bonchev–Trinajstić information content (AvgIpc) is 3.18. The van der Waals surface area contributed by atoms with Crippen molar-refractivity contribution in [3.8, 4) is 16.9 Å². The second-order valence-corrected chi connectivity index (χ2v) is 9.72. The van der Waals surface area contributed by atoms with Gasteiger partial charge in [-0.25, -0.2) is 8.42 Å². The van der Waals surface area contributed by atoms with Crippen molar-refractivity contribution in [3.05, 3.63) is 83.9 Å². The summed E-state index contributed by atoms with van der Waals surface area (Å²) in [5, 5.41) is 3.52. The maximum absolute atomic E-state index is 12.9. The number of sulfonamides is 1. The molecule has 3 aromatic rings. The smallest absolute Gasteiger partial charge is 0.241 e. The van der Waals surface area contributed by atoms with Crippen LogP contribution in [0.1, 0.15) is 17.5 Å². The zero-order valence-electron chi connectivity index (χ0n) is 18.7. The van der Waals surface area contributed by atoms with Gasteiger partial charge in [0.15, 0.2) is 0 Å². The first kappa shape index (κ1) is 23.5. The standard InChI is InChI=1S/C25H26N4O4S/c1-33-22-7-3-6-21(15-22)20-8-10-23(11-9-20)34(31,32)28-24-12-13-29(25(24)30)17-19-5-2-4-18(14-19)16-27-26/h2-11,14-16,24,28H,12-13,17,26H2,1H3/t24-/m0/s1. The van der Waals surface area contributed by atoms with E-state index < -0.39 is 16.1 Å². The van der Waals surface area contributed by atoms with Crippen molar-refractivity contribution < 1.29 is 17.9 Å². The van der Waals surface area contributed by atoms with Crippen LogP contribution in [0.25, 0.3) is 11.1 Å². The molecule has 1 heterocycles. The Kier molecular flexibility index (Phi) is 6.95. The number of amides is 1. The maximum atomic E-state index is 12.9. The van der Waals surface area contributed by atoms with Crippen LogP contribution in [0.15, 0.2) is 82.8 Å². The van der Waals surface area contributed by atoms with E-state index in [1.807, 2.05) is 48.5 Å². The summed E-state index contributed by atoms with van der Waals surface area (Å²) in [6.45, 7) is 0.856. The van der Waals surface area contributed by atoms with E-state index in [-0.39, 0.29) is 10.8 Å². The molecule has 3 aromatic carbocycles. The molecule has 1 atom stereocenters. The topological polar surface area (TPSA) is 114 Å². The predicted octanol–water partition coefficient (Wildman–Crippen LogP) is 2.73. The molecule has 4 rings (SSSR count). The highest BCUT2D eigenvalue weighted by Gasteiger charge is 2.34. The quantitative estimate of drug-likeness (QED) is 0.294. The lowest BCUT2D eigenvalue weighted by Crippen LogP contribution is -2.41. The third kappa shape index (κ3) is 5.27. The van der Waals surface area contributed by atoms with Crippen molar-refractivity contribution in [2.75, 3.05) is 13.7 Å². The fraction of sp³-hybridized carbons (Fsp3) is 0.200. The first-order valence-corrected chi connectivity index (χ1v) is 12.3. The van der Waals surface area contributed by atoms with Gasteiger partial charge in [0, 0.05) is 13.1 Å². The number of ether oxygens (including phenoxy) is 1. The number of hydrazone groups is 1. The highest BCUT2D eigenvalue weighted by atomic mass is 32.2. The third-order valence-corrected chi connectivity index (χ3v) is 7.20. The second-order valence-electron chi connectivity index (χ2n) is 8.00. The Morgan fingerprint density at radius 3 is 2.59 bits per heavy atom. The number of nitrogens with zero attached hydrogens (tertiary/aromatic N) is 2. The van der Waals surface area contributed by atoms with E-state index in [1.54, 1.807) is 36.3 Å². The van der Waals surface area contributed by atoms with Crippen molar-refractivity contribution in [3.63, 3.8) is 0 Å². The molecule has 0 saturated carbocycles. The highest BCUT2D eigenvalue weighted by molar-refractivity contribution is 7.89. The molecule has 0 spiro atoms. The molecule has 176 valence electrons. The number of methoxy groups -OCH3 is 1. The van der Waals surface area contributed by atoms with Gasteiger partial charge >= 0.3 is 0 Å². The van der Waals surface area contributed by atoms with E-state index >= 15 is 0 Å². The van der Waals surface area contributed by atoms with Gasteiger partial charge in [0.05, 0.1) is 18.2 Å².